The van der Waals surface area contributed by atoms with Crippen LogP contribution >= 0.6 is 0 Å². The lowest BCUT2D eigenvalue weighted by atomic mass is 10.1. The van der Waals surface area contributed by atoms with Crippen LogP contribution in [-0.2, 0) is 13.0 Å². The Morgan fingerprint density at radius 2 is 1.76 bits per heavy atom. The van der Waals surface area contributed by atoms with E-state index in [0.717, 1.165) is 11.1 Å². The number of rotatable bonds is 8. The van der Waals surface area contributed by atoms with Gasteiger partial charge in [-0.1, -0.05) is 41.1 Å². The number of nitrogens with zero attached hydrogens (tertiary/aromatic N) is 3. The average molecular weight is 395 g/mol. The van der Waals surface area contributed by atoms with E-state index in [9.17, 15) is 4.79 Å². The number of nitrogens with two attached hydrogens (primary N) is 1. The van der Waals surface area contributed by atoms with Crippen molar-refractivity contribution in [1.29, 1.82) is 0 Å². The summed E-state index contributed by atoms with van der Waals surface area (Å²) in [4.78, 5) is 12.4. The number of hydrogen-bond acceptors (Lipinski definition) is 6. The molecule has 152 valence electrons. The summed E-state index contributed by atoms with van der Waals surface area (Å²) in [5.41, 5.74) is 9.43. The first-order valence-electron chi connectivity index (χ1n) is 9.25. The van der Waals surface area contributed by atoms with Gasteiger partial charge in [0.25, 0.3) is 5.91 Å². The van der Waals surface area contributed by atoms with Gasteiger partial charge in [-0.3, -0.25) is 4.79 Å². The van der Waals surface area contributed by atoms with Gasteiger partial charge in [-0.2, -0.15) is 0 Å². The lowest BCUT2D eigenvalue weighted by molar-refractivity contribution is 0.0950. The summed E-state index contributed by atoms with van der Waals surface area (Å²) < 4.78 is 12.0. The van der Waals surface area contributed by atoms with Crippen LogP contribution in [0.1, 0.15) is 27.2 Å². The molecule has 3 rings (SSSR count). The van der Waals surface area contributed by atoms with Crippen LogP contribution in [0, 0.1) is 6.92 Å². The highest BCUT2D eigenvalue weighted by molar-refractivity contribution is 5.96. The maximum absolute atomic E-state index is 12.4. The fourth-order valence-corrected chi connectivity index (χ4v) is 2.91. The molecule has 0 aliphatic rings. The predicted octanol–water partition coefficient (Wildman–Crippen LogP) is 2.21. The van der Waals surface area contributed by atoms with Crippen LogP contribution < -0.4 is 20.5 Å². The maximum Gasteiger partial charge on any atom is 0.275 e. The van der Waals surface area contributed by atoms with Crippen LogP contribution in [0.4, 0.5) is 5.82 Å². The first-order chi connectivity index (χ1) is 14.0. The van der Waals surface area contributed by atoms with Crippen molar-refractivity contribution < 1.29 is 14.3 Å². The second-order valence-electron chi connectivity index (χ2n) is 6.66. The topological polar surface area (TPSA) is 104 Å². The lowest BCUT2D eigenvalue weighted by Gasteiger charge is -2.10. The quantitative estimate of drug-likeness (QED) is 0.606. The van der Waals surface area contributed by atoms with E-state index in [1.54, 1.807) is 14.2 Å². The number of ether oxygens (including phenoxy) is 2. The van der Waals surface area contributed by atoms with Crippen LogP contribution in [0.5, 0.6) is 11.5 Å². The molecule has 0 saturated heterocycles. The van der Waals surface area contributed by atoms with Crippen molar-refractivity contribution in [2.24, 2.45) is 0 Å². The number of benzene rings is 2. The van der Waals surface area contributed by atoms with Crippen LogP contribution in [0.15, 0.2) is 42.5 Å². The predicted molar refractivity (Wildman–Crippen MR) is 110 cm³/mol. The molecule has 0 atom stereocenters. The van der Waals surface area contributed by atoms with E-state index in [2.05, 4.69) is 15.6 Å². The molecule has 0 aliphatic carbocycles. The minimum absolute atomic E-state index is 0.129. The molecular formula is C21H25N5O3. The van der Waals surface area contributed by atoms with Gasteiger partial charge in [0.15, 0.2) is 23.0 Å². The summed E-state index contributed by atoms with van der Waals surface area (Å²) >= 11 is 0. The zero-order chi connectivity index (χ0) is 20.8. The highest BCUT2D eigenvalue weighted by Gasteiger charge is 2.17. The van der Waals surface area contributed by atoms with E-state index in [-0.39, 0.29) is 17.4 Å². The fourth-order valence-electron chi connectivity index (χ4n) is 2.91. The maximum atomic E-state index is 12.4. The molecule has 0 spiro atoms. The first kappa shape index (κ1) is 20.2. The Kier molecular flexibility index (Phi) is 6.33. The van der Waals surface area contributed by atoms with Crippen molar-refractivity contribution in [3.05, 3.63) is 64.8 Å². The van der Waals surface area contributed by atoms with Crippen molar-refractivity contribution in [3.8, 4) is 11.5 Å². The number of carbonyl (C=O) groups excluding carboxylic acids is 1. The molecule has 0 aliphatic heterocycles. The van der Waals surface area contributed by atoms with Gasteiger partial charge in [0.05, 0.1) is 20.8 Å². The largest absolute Gasteiger partial charge is 0.493 e. The summed E-state index contributed by atoms with van der Waals surface area (Å²) in [5, 5.41) is 10.8. The van der Waals surface area contributed by atoms with Gasteiger partial charge in [-0.25, -0.2) is 4.68 Å². The summed E-state index contributed by atoms with van der Waals surface area (Å²) in [6.07, 6.45) is 0.628. The van der Waals surface area contributed by atoms with Crippen molar-refractivity contribution in [2.75, 3.05) is 26.5 Å². The zero-order valence-electron chi connectivity index (χ0n) is 16.8. The second-order valence-corrected chi connectivity index (χ2v) is 6.66. The fraction of sp³-hybridized carbons (Fsp3) is 0.286. The number of carbonyl (C=O) groups is 1. The molecule has 3 N–H and O–H groups in total. The standard InChI is InChI=1S/C21H25N5O3/c1-14-4-6-16(7-5-14)13-26-20(22)19(24-25-26)21(27)23-11-10-15-8-9-17(28-2)18(12-15)29-3/h4-9,12H,10-11,13,22H2,1-3H3,(H,23,27). The third-order valence-electron chi connectivity index (χ3n) is 4.59. The summed E-state index contributed by atoms with van der Waals surface area (Å²) in [6.45, 7) is 2.91. The van der Waals surface area contributed by atoms with Gasteiger partial charge in [0.2, 0.25) is 0 Å². The smallest absolute Gasteiger partial charge is 0.275 e. The molecule has 0 bridgehead atoms. The minimum atomic E-state index is -0.349. The Bertz CT molecular complexity index is 982. The third kappa shape index (κ3) is 4.84. The van der Waals surface area contributed by atoms with Crippen LogP contribution in [0.25, 0.3) is 0 Å². The molecule has 1 aromatic heterocycles. The Labute approximate surface area is 169 Å². The molecule has 0 fully saturated rings. The second kappa shape index (κ2) is 9.09. The van der Waals surface area contributed by atoms with Gasteiger partial charge in [-0.15, -0.1) is 5.10 Å². The molecule has 3 aromatic rings. The molecule has 0 saturated carbocycles. The van der Waals surface area contributed by atoms with Crippen LogP contribution in [0.3, 0.4) is 0 Å². The first-order valence-corrected chi connectivity index (χ1v) is 9.25. The highest BCUT2D eigenvalue weighted by Crippen LogP contribution is 2.27. The minimum Gasteiger partial charge on any atom is -0.493 e. The van der Waals surface area contributed by atoms with Crippen LogP contribution in [-0.4, -0.2) is 41.7 Å². The highest BCUT2D eigenvalue weighted by atomic mass is 16.5. The molecule has 2 aromatic carbocycles. The van der Waals surface area contributed by atoms with E-state index in [4.69, 9.17) is 15.2 Å². The monoisotopic (exact) mass is 395 g/mol. The van der Waals surface area contributed by atoms with Crippen LogP contribution in [0.2, 0.25) is 0 Å². The Hall–Kier alpha value is -3.55. The number of nitrogen functional groups attached to an aromatic ring is 1. The van der Waals surface area contributed by atoms with Gasteiger partial charge < -0.3 is 20.5 Å². The summed E-state index contributed by atoms with van der Waals surface area (Å²) in [5.74, 6) is 1.21. The number of hydrogen-bond donors (Lipinski definition) is 2. The average Bonchev–Trinajstić information content (AvgIpc) is 3.09. The Morgan fingerprint density at radius 3 is 2.45 bits per heavy atom. The van der Waals surface area contributed by atoms with E-state index in [0.29, 0.717) is 31.0 Å². The van der Waals surface area contributed by atoms with E-state index >= 15 is 0 Å². The van der Waals surface area contributed by atoms with E-state index in [1.807, 2.05) is 49.4 Å². The Morgan fingerprint density at radius 1 is 1.07 bits per heavy atom. The van der Waals surface area contributed by atoms with Gasteiger partial charge in [0, 0.05) is 6.54 Å². The third-order valence-corrected chi connectivity index (χ3v) is 4.59. The van der Waals surface area contributed by atoms with Gasteiger partial charge in [0.1, 0.15) is 0 Å². The molecule has 1 amide bonds. The molecule has 8 heteroatoms. The number of anilines is 1. The van der Waals surface area contributed by atoms with Gasteiger partial charge >= 0.3 is 0 Å². The summed E-state index contributed by atoms with van der Waals surface area (Å²) in [7, 11) is 3.18. The normalized spacial score (nSPS) is 10.6. The number of aryl methyl sites for hydroxylation is 1. The van der Waals surface area contributed by atoms with Crippen molar-refractivity contribution in [2.45, 2.75) is 19.9 Å². The number of nitrogens with one attached hydrogen (secondary N) is 1. The van der Waals surface area contributed by atoms with E-state index < -0.39 is 0 Å². The molecule has 0 unspecified atom stereocenters. The van der Waals surface area contributed by atoms with Gasteiger partial charge in [-0.05, 0) is 36.6 Å². The Balaban J connectivity index is 1.58. The van der Waals surface area contributed by atoms with Crippen molar-refractivity contribution >= 4 is 11.7 Å². The number of aromatic nitrogens is 3. The molecular weight excluding hydrogens is 370 g/mol. The van der Waals surface area contributed by atoms with Crippen molar-refractivity contribution in [3.63, 3.8) is 0 Å². The lowest BCUT2D eigenvalue weighted by Crippen LogP contribution is -2.27. The van der Waals surface area contributed by atoms with Crippen molar-refractivity contribution in [1.82, 2.24) is 20.3 Å². The number of methoxy groups -OCH3 is 2. The number of amides is 1. The molecule has 1 heterocycles. The SMILES string of the molecule is COc1ccc(CCNC(=O)c2nnn(Cc3ccc(C)cc3)c2N)cc1OC. The molecule has 0 radical (unpaired) electrons. The molecule has 29 heavy (non-hydrogen) atoms. The summed E-state index contributed by atoms with van der Waals surface area (Å²) in [6, 6.07) is 13.7. The molecule has 8 nitrogen and oxygen atoms in total. The zero-order valence-corrected chi connectivity index (χ0v) is 16.8. The van der Waals surface area contributed by atoms with E-state index in [1.165, 1.54) is 10.2 Å².